The number of hydrogen-bond donors (Lipinski definition) is 1. The smallest absolute Gasteiger partial charge is 0.0305 e. The SMILES string of the molecule is C[C@H](NC1CCCN(C)CC1)c1ccccc1Br. The minimum atomic E-state index is 0.411. The summed E-state index contributed by atoms with van der Waals surface area (Å²) in [5, 5.41) is 3.78. The largest absolute Gasteiger partial charge is 0.307 e. The van der Waals surface area contributed by atoms with Gasteiger partial charge in [-0.3, -0.25) is 0 Å². The van der Waals surface area contributed by atoms with E-state index in [1.807, 2.05) is 0 Å². The molecule has 0 spiro atoms. The monoisotopic (exact) mass is 310 g/mol. The molecule has 1 aromatic rings. The first-order valence-electron chi connectivity index (χ1n) is 6.86. The van der Waals surface area contributed by atoms with Crippen LogP contribution in [0.5, 0.6) is 0 Å². The Morgan fingerprint density at radius 3 is 2.83 bits per heavy atom. The molecule has 1 saturated heterocycles. The van der Waals surface area contributed by atoms with Gasteiger partial charge in [0.05, 0.1) is 0 Å². The summed E-state index contributed by atoms with van der Waals surface area (Å²) in [7, 11) is 2.22. The first kappa shape index (κ1) is 14.0. The third-order valence-electron chi connectivity index (χ3n) is 3.81. The van der Waals surface area contributed by atoms with Crippen LogP contribution in [-0.4, -0.2) is 31.1 Å². The highest BCUT2D eigenvalue weighted by molar-refractivity contribution is 9.10. The first-order chi connectivity index (χ1) is 8.66. The van der Waals surface area contributed by atoms with Gasteiger partial charge in [0.25, 0.3) is 0 Å². The molecule has 0 saturated carbocycles. The van der Waals surface area contributed by atoms with Gasteiger partial charge in [-0.05, 0) is 58.0 Å². The zero-order valence-electron chi connectivity index (χ0n) is 11.3. The maximum Gasteiger partial charge on any atom is 0.0305 e. The quantitative estimate of drug-likeness (QED) is 0.918. The minimum Gasteiger partial charge on any atom is -0.307 e. The molecule has 100 valence electrons. The van der Waals surface area contributed by atoms with Crippen molar-refractivity contribution in [1.29, 1.82) is 0 Å². The zero-order valence-corrected chi connectivity index (χ0v) is 12.9. The lowest BCUT2D eigenvalue weighted by atomic mass is 10.0. The summed E-state index contributed by atoms with van der Waals surface area (Å²) in [5.41, 5.74) is 1.36. The molecular formula is C15H23BrN2. The fourth-order valence-corrected chi connectivity index (χ4v) is 3.30. The summed E-state index contributed by atoms with van der Waals surface area (Å²) in [4.78, 5) is 2.44. The van der Waals surface area contributed by atoms with E-state index in [2.05, 4.69) is 64.4 Å². The highest BCUT2D eigenvalue weighted by Gasteiger charge is 2.18. The van der Waals surface area contributed by atoms with Crippen molar-refractivity contribution in [3.05, 3.63) is 34.3 Å². The van der Waals surface area contributed by atoms with Crippen LogP contribution >= 0.6 is 15.9 Å². The molecule has 1 aliphatic rings. The second-order valence-corrected chi connectivity index (χ2v) is 6.20. The lowest BCUT2D eigenvalue weighted by molar-refractivity contribution is 0.340. The van der Waals surface area contributed by atoms with E-state index in [9.17, 15) is 0 Å². The number of benzene rings is 1. The van der Waals surface area contributed by atoms with E-state index in [4.69, 9.17) is 0 Å². The molecule has 1 aromatic carbocycles. The van der Waals surface area contributed by atoms with Crippen molar-refractivity contribution < 1.29 is 0 Å². The molecule has 1 N–H and O–H groups in total. The van der Waals surface area contributed by atoms with Crippen molar-refractivity contribution in [2.45, 2.75) is 38.3 Å². The number of nitrogens with one attached hydrogen (secondary N) is 1. The normalized spacial score (nSPS) is 23.6. The van der Waals surface area contributed by atoms with E-state index in [0.717, 1.165) is 0 Å². The van der Waals surface area contributed by atoms with Crippen LogP contribution in [-0.2, 0) is 0 Å². The number of hydrogen-bond acceptors (Lipinski definition) is 2. The number of rotatable bonds is 3. The summed E-state index contributed by atoms with van der Waals surface area (Å²) >= 11 is 3.64. The van der Waals surface area contributed by atoms with Crippen LogP contribution in [0.3, 0.4) is 0 Å². The van der Waals surface area contributed by atoms with Crippen LogP contribution in [0.15, 0.2) is 28.7 Å². The van der Waals surface area contributed by atoms with Gasteiger partial charge >= 0.3 is 0 Å². The van der Waals surface area contributed by atoms with Crippen molar-refractivity contribution in [3.63, 3.8) is 0 Å². The Morgan fingerprint density at radius 1 is 1.28 bits per heavy atom. The molecule has 1 heterocycles. The summed E-state index contributed by atoms with van der Waals surface area (Å²) in [5.74, 6) is 0. The van der Waals surface area contributed by atoms with Crippen LogP contribution in [0.25, 0.3) is 0 Å². The molecule has 18 heavy (non-hydrogen) atoms. The Labute approximate surface area is 119 Å². The Morgan fingerprint density at radius 2 is 2.06 bits per heavy atom. The molecule has 2 atom stereocenters. The minimum absolute atomic E-state index is 0.411. The molecule has 2 rings (SSSR count). The highest BCUT2D eigenvalue weighted by Crippen LogP contribution is 2.24. The summed E-state index contributed by atoms with van der Waals surface area (Å²) in [6.45, 7) is 4.70. The van der Waals surface area contributed by atoms with E-state index >= 15 is 0 Å². The molecule has 2 nitrogen and oxygen atoms in total. The van der Waals surface area contributed by atoms with E-state index in [1.54, 1.807) is 0 Å². The third kappa shape index (κ3) is 3.81. The van der Waals surface area contributed by atoms with Crippen LogP contribution < -0.4 is 5.32 Å². The average Bonchev–Trinajstić information content (AvgIpc) is 2.55. The zero-order chi connectivity index (χ0) is 13.0. The van der Waals surface area contributed by atoms with Crippen molar-refractivity contribution in [2.75, 3.05) is 20.1 Å². The predicted molar refractivity (Wildman–Crippen MR) is 80.8 cm³/mol. The lowest BCUT2D eigenvalue weighted by Gasteiger charge is -2.23. The van der Waals surface area contributed by atoms with E-state index < -0.39 is 0 Å². The Bertz CT molecular complexity index is 381. The van der Waals surface area contributed by atoms with Gasteiger partial charge in [-0.25, -0.2) is 0 Å². The van der Waals surface area contributed by atoms with Gasteiger partial charge in [0.1, 0.15) is 0 Å². The molecule has 1 fully saturated rings. The van der Waals surface area contributed by atoms with Crippen molar-refractivity contribution in [3.8, 4) is 0 Å². The van der Waals surface area contributed by atoms with Crippen molar-refractivity contribution in [1.82, 2.24) is 10.2 Å². The van der Waals surface area contributed by atoms with Crippen LogP contribution in [0.4, 0.5) is 0 Å². The highest BCUT2D eigenvalue weighted by atomic mass is 79.9. The number of nitrogens with zero attached hydrogens (tertiary/aromatic N) is 1. The van der Waals surface area contributed by atoms with E-state index in [1.165, 1.54) is 42.4 Å². The van der Waals surface area contributed by atoms with Gasteiger partial charge in [-0.1, -0.05) is 34.1 Å². The molecule has 3 heteroatoms. The molecule has 0 amide bonds. The molecule has 0 bridgehead atoms. The fraction of sp³-hybridized carbons (Fsp3) is 0.600. The van der Waals surface area contributed by atoms with Gasteiger partial charge in [0.15, 0.2) is 0 Å². The predicted octanol–water partition coefficient (Wildman–Crippen LogP) is 3.58. The molecular weight excluding hydrogens is 288 g/mol. The topological polar surface area (TPSA) is 15.3 Å². The Hall–Kier alpha value is -0.380. The molecule has 1 unspecified atom stereocenters. The van der Waals surface area contributed by atoms with Gasteiger partial charge < -0.3 is 10.2 Å². The molecule has 0 aromatic heterocycles. The van der Waals surface area contributed by atoms with Gasteiger partial charge in [-0.15, -0.1) is 0 Å². The summed E-state index contributed by atoms with van der Waals surface area (Å²) in [6.07, 6.45) is 3.85. The average molecular weight is 311 g/mol. The van der Waals surface area contributed by atoms with Gasteiger partial charge in [0, 0.05) is 16.6 Å². The van der Waals surface area contributed by atoms with Gasteiger partial charge in [0.2, 0.25) is 0 Å². The number of likely N-dealkylation sites (tertiary alicyclic amines) is 1. The maximum atomic E-state index is 3.78. The summed E-state index contributed by atoms with van der Waals surface area (Å²) in [6, 6.07) is 9.56. The van der Waals surface area contributed by atoms with E-state index in [-0.39, 0.29) is 0 Å². The molecule has 1 aliphatic heterocycles. The molecule has 0 radical (unpaired) electrons. The summed E-state index contributed by atoms with van der Waals surface area (Å²) < 4.78 is 1.20. The fourth-order valence-electron chi connectivity index (χ4n) is 2.68. The van der Waals surface area contributed by atoms with Crippen molar-refractivity contribution in [2.24, 2.45) is 0 Å². The Kier molecular flexibility index (Phi) is 5.22. The van der Waals surface area contributed by atoms with Gasteiger partial charge in [-0.2, -0.15) is 0 Å². The van der Waals surface area contributed by atoms with Crippen LogP contribution in [0, 0.1) is 0 Å². The number of halogens is 1. The second-order valence-electron chi connectivity index (χ2n) is 5.34. The molecule has 0 aliphatic carbocycles. The maximum absolute atomic E-state index is 3.78. The lowest BCUT2D eigenvalue weighted by Crippen LogP contribution is -2.32. The standard InChI is InChI=1S/C15H23BrN2/c1-12(14-7-3-4-8-15(14)16)17-13-6-5-10-18(2)11-9-13/h3-4,7-8,12-13,17H,5-6,9-11H2,1-2H3/t12-,13?/m0/s1. The van der Waals surface area contributed by atoms with Crippen LogP contribution in [0.2, 0.25) is 0 Å². The Balaban J connectivity index is 1.94. The van der Waals surface area contributed by atoms with Crippen LogP contribution in [0.1, 0.15) is 37.8 Å². The van der Waals surface area contributed by atoms with E-state index in [0.29, 0.717) is 12.1 Å². The second kappa shape index (κ2) is 6.69. The van der Waals surface area contributed by atoms with Crippen molar-refractivity contribution >= 4 is 15.9 Å². The first-order valence-corrected chi connectivity index (χ1v) is 7.65. The third-order valence-corrected chi connectivity index (χ3v) is 4.53.